The predicted octanol–water partition coefficient (Wildman–Crippen LogP) is 9.00. The number of rotatable bonds is 17. The molecule has 2 aromatic heterocycles. The number of benzene rings is 3. The highest BCUT2D eigenvalue weighted by Crippen LogP contribution is 2.40. The molecule has 0 spiro atoms. The average Bonchev–Trinajstić information content (AvgIpc) is 4.05. The van der Waals surface area contributed by atoms with Crippen molar-refractivity contribution < 1.29 is 41.8 Å². The van der Waals surface area contributed by atoms with Crippen LogP contribution in [-0.4, -0.2) is 87.6 Å². The van der Waals surface area contributed by atoms with Crippen molar-refractivity contribution >= 4 is 63.7 Å². The van der Waals surface area contributed by atoms with Gasteiger partial charge in [0.05, 0.1) is 40.1 Å². The molecule has 2 fully saturated rings. The Morgan fingerprint density at radius 1 is 0.944 bits per heavy atom. The molecule has 0 radical (unpaired) electrons. The molecule has 2 N–H and O–H groups in total. The smallest absolute Gasteiger partial charge is 0.419 e. The van der Waals surface area contributed by atoms with Crippen molar-refractivity contribution in [3.63, 3.8) is 0 Å². The molecule has 0 bridgehead atoms. The number of alkyl halides is 3. The molecule has 5 aromatic rings. The highest BCUT2D eigenvalue weighted by Gasteiger charge is 2.51. The first kappa shape index (κ1) is 52.1. The fourth-order valence-electron chi connectivity index (χ4n) is 8.53. The number of thiocarbonyl (C=S) groups is 1. The Labute approximate surface area is 420 Å². The summed E-state index contributed by atoms with van der Waals surface area (Å²) >= 11 is 7.23. The molecular weight excluding hydrogens is 954 g/mol. The van der Waals surface area contributed by atoms with Crippen LogP contribution in [0.1, 0.15) is 82.8 Å². The van der Waals surface area contributed by atoms with Gasteiger partial charge in [-0.05, 0) is 117 Å². The number of unbranched alkanes of at least 4 members (excludes halogenated alkanes) is 1. The second-order valence-corrected chi connectivity index (χ2v) is 20.2. The van der Waals surface area contributed by atoms with E-state index in [9.17, 15) is 37.6 Å². The van der Waals surface area contributed by atoms with Gasteiger partial charge in [0, 0.05) is 25.4 Å². The van der Waals surface area contributed by atoms with E-state index in [1.54, 1.807) is 47.1 Å². The van der Waals surface area contributed by atoms with Gasteiger partial charge in [-0.1, -0.05) is 69.3 Å². The number of amides is 4. The summed E-state index contributed by atoms with van der Waals surface area (Å²) in [5, 5.41) is 15.0. The van der Waals surface area contributed by atoms with Crippen molar-refractivity contribution in [2.45, 2.75) is 97.6 Å². The van der Waals surface area contributed by atoms with E-state index in [1.165, 1.54) is 6.07 Å². The quantitative estimate of drug-likeness (QED) is 0.0673. The molecule has 0 saturated carbocycles. The van der Waals surface area contributed by atoms with E-state index in [4.69, 9.17) is 21.7 Å². The monoisotopic (exact) mass is 1010 g/mol. The molecule has 2 aliphatic rings. The van der Waals surface area contributed by atoms with E-state index in [0.717, 1.165) is 43.9 Å². The fraction of sp³-hybridized carbons (Fsp3) is 0.385. The van der Waals surface area contributed by atoms with Gasteiger partial charge in [0.2, 0.25) is 17.7 Å². The van der Waals surface area contributed by atoms with Crippen molar-refractivity contribution in [1.82, 2.24) is 25.5 Å². The lowest BCUT2D eigenvalue weighted by Gasteiger charge is -2.35. The molecule has 7 rings (SSSR count). The Kier molecular flexibility index (Phi) is 15.9. The number of nitriles is 1. The third-order valence-electron chi connectivity index (χ3n) is 12.4. The zero-order chi connectivity index (χ0) is 51.3. The molecule has 4 heterocycles. The topological polar surface area (TPSA) is 170 Å². The first-order valence-corrected chi connectivity index (χ1v) is 24.4. The number of hydrogen-bond donors (Lipinski definition) is 2. The van der Waals surface area contributed by atoms with Gasteiger partial charge < -0.3 is 29.9 Å². The summed E-state index contributed by atoms with van der Waals surface area (Å²) in [7, 11) is 0. The fourth-order valence-corrected chi connectivity index (χ4v) is 9.86. The minimum Gasteiger partial charge on any atom is -0.494 e. The van der Waals surface area contributed by atoms with Gasteiger partial charge in [0.1, 0.15) is 36.0 Å². The second kappa shape index (κ2) is 21.7. The average molecular weight is 1010 g/mol. The number of anilines is 2. The summed E-state index contributed by atoms with van der Waals surface area (Å²) in [4.78, 5) is 67.3. The van der Waals surface area contributed by atoms with E-state index in [-0.39, 0.29) is 29.2 Å². The molecule has 2 saturated heterocycles. The molecule has 372 valence electrons. The third-order valence-corrected chi connectivity index (χ3v) is 13.7. The summed E-state index contributed by atoms with van der Waals surface area (Å²) in [6, 6.07) is 23.4. The van der Waals surface area contributed by atoms with Gasteiger partial charge in [-0.25, -0.2) is 9.97 Å². The molecule has 71 heavy (non-hydrogen) atoms. The van der Waals surface area contributed by atoms with Crippen LogP contribution < -0.4 is 25.2 Å². The van der Waals surface area contributed by atoms with Crippen molar-refractivity contribution in [1.29, 1.82) is 5.26 Å². The number of hydrogen-bond acceptors (Lipinski definition) is 11. The van der Waals surface area contributed by atoms with Crippen LogP contribution in [0.4, 0.5) is 24.5 Å². The van der Waals surface area contributed by atoms with E-state index in [0.29, 0.717) is 69.5 Å². The normalized spacial score (nSPS) is 16.2. The molecular formula is C52H55F3N8O6S2. The van der Waals surface area contributed by atoms with Crippen LogP contribution in [0.3, 0.4) is 0 Å². The van der Waals surface area contributed by atoms with Crippen molar-refractivity contribution in [3.05, 3.63) is 113 Å². The predicted molar refractivity (Wildman–Crippen MR) is 268 cm³/mol. The Morgan fingerprint density at radius 3 is 2.21 bits per heavy atom. The van der Waals surface area contributed by atoms with Crippen LogP contribution in [0.15, 0.2) is 90.6 Å². The van der Waals surface area contributed by atoms with Crippen LogP contribution in [0, 0.1) is 23.7 Å². The van der Waals surface area contributed by atoms with E-state index < -0.39 is 52.3 Å². The van der Waals surface area contributed by atoms with Gasteiger partial charge in [-0.2, -0.15) is 18.4 Å². The largest absolute Gasteiger partial charge is 0.494 e. The maximum absolute atomic E-state index is 14.0. The van der Waals surface area contributed by atoms with Gasteiger partial charge in [-0.3, -0.25) is 24.1 Å². The maximum Gasteiger partial charge on any atom is 0.419 e. The number of halogens is 3. The molecule has 1 unspecified atom stereocenters. The molecule has 14 nitrogen and oxygen atoms in total. The number of aromatic nitrogens is 2. The summed E-state index contributed by atoms with van der Waals surface area (Å²) in [6.45, 7) is 12.1. The Bertz CT molecular complexity index is 2810. The van der Waals surface area contributed by atoms with Crippen molar-refractivity contribution in [2.75, 3.05) is 36.2 Å². The molecule has 3 aromatic carbocycles. The summed E-state index contributed by atoms with van der Waals surface area (Å²) < 4.78 is 52.8. The van der Waals surface area contributed by atoms with Crippen LogP contribution >= 0.6 is 23.6 Å². The Morgan fingerprint density at radius 2 is 1.59 bits per heavy atom. The SMILES string of the molecule is Cc1ncsc1-c1ccc(CNC(=O)[C@@H]2CCCN2C(=O)C(NC(=O)COCCCCOc2ccc(-c3ccc(N4C(=S)N(c5cnc(C#N)c(C(F)(F)F)c5)C(=O)C4(C)C)cc3)cc2)C(C)(C)C)cc1. The lowest BCUT2D eigenvalue weighted by atomic mass is 9.85. The number of ether oxygens (including phenoxy) is 2. The lowest BCUT2D eigenvalue weighted by Crippen LogP contribution is -2.58. The number of aryl methyl sites for hydroxylation is 1. The van der Waals surface area contributed by atoms with Gasteiger partial charge >= 0.3 is 6.18 Å². The summed E-state index contributed by atoms with van der Waals surface area (Å²) in [6.07, 6.45) is -1.33. The first-order chi connectivity index (χ1) is 33.7. The van der Waals surface area contributed by atoms with Crippen LogP contribution in [0.25, 0.3) is 21.6 Å². The van der Waals surface area contributed by atoms with Crippen LogP contribution in [0.2, 0.25) is 0 Å². The second-order valence-electron chi connectivity index (χ2n) is 18.9. The zero-order valence-electron chi connectivity index (χ0n) is 40.3. The number of carbonyl (C=O) groups is 4. The molecule has 2 atom stereocenters. The van der Waals surface area contributed by atoms with Crippen molar-refractivity contribution in [3.8, 4) is 33.4 Å². The standard InChI is InChI=1S/C52H55F3N8O6S2/c1-32-44(71-31-59-32)36-13-11-33(12-14-36)28-58-46(65)42-10-9-23-61(42)47(66)45(50(2,3)4)60-43(64)30-68-24-7-8-25-69-39-21-17-35(18-22-39)34-15-19-37(20-16-34)63-49(70)62(48(67)51(63,5)6)38-26-40(52(53,54)55)41(27-56)57-29-38/h11-22,26,29,31,42,45H,7-10,23-25,28,30H2,1-6H3,(H,58,65)(H,60,64)/t42-,45?/m0/s1. The number of pyridine rings is 1. The zero-order valence-corrected chi connectivity index (χ0v) is 41.9. The Hall–Kier alpha value is -6.75. The van der Waals surface area contributed by atoms with Gasteiger partial charge in [-0.15, -0.1) is 11.3 Å². The van der Waals surface area contributed by atoms with Crippen molar-refractivity contribution in [2.24, 2.45) is 5.41 Å². The third kappa shape index (κ3) is 11.9. The molecule has 2 aliphatic heterocycles. The minimum absolute atomic E-state index is 0.0304. The lowest BCUT2D eigenvalue weighted by molar-refractivity contribution is -0.144. The van der Waals surface area contributed by atoms with Crippen LogP contribution in [0.5, 0.6) is 5.75 Å². The number of carbonyl (C=O) groups excluding carboxylic acids is 4. The summed E-state index contributed by atoms with van der Waals surface area (Å²) in [5.41, 5.74) is 2.97. The van der Waals surface area contributed by atoms with Gasteiger partial charge in [0.25, 0.3) is 5.91 Å². The van der Waals surface area contributed by atoms with E-state index in [2.05, 4.69) is 20.6 Å². The molecule has 4 amide bonds. The van der Waals surface area contributed by atoms with Crippen LogP contribution in [-0.2, 0) is 36.6 Å². The summed E-state index contributed by atoms with van der Waals surface area (Å²) in [5.74, 6) is -0.842. The highest BCUT2D eigenvalue weighted by molar-refractivity contribution is 7.81. The Balaban J connectivity index is 0.833. The number of likely N-dealkylation sites (tertiary alicyclic amines) is 1. The number of nitrogens with one attached hydrogen (secondary N) is 2. The van der Waals surface area contributed by atoms with E-state index in [1.807, 2.05) is 93.9 Å². The van der Waals surface area contributed by atoms with E-state index >= 15 is 0 Å². The highest BCUT2D eigenvalue weighted by atomic mass is 32.1. The molecule has 0 aliphatic carbocycles. The number of thiazole rings is 1. The maximum atomic E-state index is 14.0. The minimum atomic E-state index is -4.86. The van der Waals surface area contributed by atoms with Gasteiger partial charge in [0.15, 0.2) is 10.8 Å². The first-order valence-electron chi connectivity index (χ1n) is 23.1. The number of nitrogens with zero attached hydrogens (tertiary/aromatic N) is 6. The molecule has 19 heteroatoms.